The summed E-state index contributed by atoms with van der Waals surface area (Å²) in [5, 5.41) is 5.94. The molecule has 0 spiro atoms. The fourth-order valence-electron chi connectivity index (χ4n) is 7.77. The van der Waals surface area contributed by atoms with Crippen LogP contribution in [0.4, 0.5) is 0 Å². The van der Waals surface area contributed by atoms with E-state index in [1.807, 2.05) is 36.4 Å². The fraction of sp³-hybridized carbons (Fsp3) is 0.0980. The summed E-state index contributed by atoms with van der Waals surface area (Å²) < 4.78 is 8.73. The summed E-state index contributed by atoms with van der Waals surface area (Å²) in [5.41, 5.74) is 12.6. The van der Waals surface area contributed by atoms with Gasteiger partial charge in [0.05, 0.1) is 36.2 Å². The van der Waals surface area contributed by atoms with Gasteiger partial charge in [-0.25, -0.2) is 0 Å². The number of nitrogens with zero attached hydrogens (tertiary/aromatic N) is 3. The summed E-state index contributed by atoms with van der Waals surface area (Å²) in [6, 6.07) is 59.2. The number of benzene rings is 7. The Morgan fingerprint density at radius 3 is 2.19 bits per heavy atom. The summed E-state index contributed by atoms with van der Waals surface area (Å²) in [5.74, 6) is 0.810. The maximum atomic E-state index is 6.44. The molecule has 0 amide bonds. The molecule has 0 bridgehead atoms. The molecule has 1 radical (unpaired) electrons. The number of hydrogen-bond donors (Lipinski definition) is 0. The monoisotopic (exact) mass is 932 g/mol. The maximum Gasteiger partial charge on any atom is 0.120 e. The van der Waals surface area contributed by atoms with E-state index < -0.39 is 8.07 Å². The van der Waals surface area contributed by atoms with Crippen molar-refractivity contribution in [3.63, 3.8) is 0 Å². The van der Waals surface area contributed by atoms with E-state index in [0.29, 0.717) is 0 Å². The summed E-state index contributed by atoms with van der Waals surface area (Å²) in [7, 11) is -1.28. The van der Waals surface area contributed by atoms with Gasteiger partial charge < -0.3 is 14.0 Å². The number of pyridine rings is 1. The maximum absolute atomic E-state index is 6.44. The van der Waals surface area contributed by atoms with Crippen molar-refractivity contribution in [1.29, 1.82) is 0 Å². The van der Waals surface area contributed by atoms with E-state index in [4.69, 9.17) is 9.40 Å². The molecular formula is C51H41IrN3OSi-2. The Labute approximate surface area is 348 Å². The summed E-state index contributed by atoms with van der Waals surface area (Å²) >= 11 is 0. The molecule has 281 valence electrons. The Hall–Kier alpha value is -5.91. The first-order valence-corrected chi connectivity index (χ1v) is 22.6. The zero-order valence-corrected chi connectivity index (χ0v) is 36.0. The second kappa shape index (κ2) is 15.6. The molecular weight excluding hydrogens is 891 g/mol. The molecule has 4 nitrogen and oxygen atoms in total. The smallest absolute Gasteiger partial charge is 0.120 e. The van der Waals surface area contributed by atoms with E-state index in [1.54, 1.807) is 0 Å². The van der Waals surface area contributed by atoms with Crippen molar-refractivity contribution in [2.24, 2.45) is 0 Å². The first kappa shape index (κ1) is 38.0. The molecule has 3 heterocycles. The summed E-state index contributed by atoms with van der Waals surface area (Å²) in [6.07, 6.45) is 2.06. The van der Waals surface area contributed by atoms with Gasteiger partial charge in [-0.2, -0.15) is 0 Å². The molecule has 57 heavy (non-hydrogen) atoms. The van der Waals surface area contributed by atoms with Gasteiger partial charge in [0.2, 0.25) is 0 Å². The van der Waals surface area contributed by atoms with Crippen LogP contribution in [0.2, 0.25) is 19.6 Å². The van der Waals surface area contributed by atoms with Crippen LogP contribution in [0.3, 0.4) is 0 Å². The van der Waals surface area contributed by atoms with Crippen LogP contribution in [0, 0.1) is 26.0 Å². The van der Waals surface area contributed by atoms with Crippen LogP contribution in [-0.2, 0) is 20.1 Å². The van der Waals surface area contributed by atoms with Gasteiger partial charge in [-0.3, -0.25) is 4.98 Å². The first-order chi connectivity index (χ1) is 27.2. The van der Waals surface area contributed by atoms with E-state index >= 15 is 0 Å². The van der Waals surface area contributed by atoms with Crippen LogP contribution >= 0.6 is 0 Å². The number of hydrogen-bond acceptors (Lipinski definition) is 3. The van der Waals surface area contributed by atoms with E-state index in [-0.39, 0.29) is 20.1 Å². The zero-order chi connectivity index (χ0) is 38.4. The molecule has 0 N–H and O–H groups in total. The van der Waals surface area contributed by atoms with Crippen molar-refractivity contribution in [3.8, 4) is 39.5 Å². The molecule has 0 aliphatic rings. The van der Waals surface area contributed by atoms with Crippen LogP contribution < -0.4 is 5.19 Å². The van der Waals surface area contributed by atoms with Crippen molar-refractivity contribution in [1.82, 2.24) is 14.5 Å². The number of aromatic nitrogens is 3. The van der Waals surface area contributed by atoms with E-state index in [0.717, 1.165) is 77.8 Å². The summed E-state index contributed by atoms with van der Waals surface area (Å²) in [6.45, 7) is 11.3. The third-order valence-electron chi connectivity index (χ3n) is 10.5. The minimum atomic E-state index is -1.28. The number of para-hydroxylation sites is 3. The standard InChI is InChI=1S/C35H21N2O.C16H20NSi.Ir/c1-2-11-23(12-3-1)26-22-21-24-13-4-5-14-25(24)33(26)37-31-19-8-7-18-30(31)36-35(37)29-17-10-16-28-27-15-6-9-20-32(27)38-34(28)29;1-12-6-8-14(9-7-12)15-10-13(2)16(11-17-15)18(3,4)5;/h1-16,18-22H;6-8,10-11H,1-5H3;/q2*-1;. The Morgan fingerprint density at radius 1 is 0.684 bits per heavy atom. The topological polar surface area (TPSA) is 43.9 Å². The van der Waals surface area contributed by atoms with Gasteiger partial charge in [0, 0.05) is 42.6 Å². The van der Waals surface area contributed by atoms with Gasteiger partial charge in [0.15, 0.2) is 0 Å². The van der Waals surface area contributed by atoms with Gasteiger partial charge in [0.25, 0.3) is 0 Å². The number of furan rings is 1. The van der Waals surface area contributed by atoms with Crippen LogP contribution in [0.15, 0.2) is 162 Å². The Bertz CT molecular complexity index is 3030. The molecule has 7 aromatic carbocycles. The second-order valence-electron chi connectivity index (χ2n) is 15.4. The third kappa shape index (κ3) is 7.17. The molecule has 0 saturated carbocycles. The molecule has 0 aliphatic heterocycles. The molecule has 0 fully saturated rings. The van der Waals surface area contributed by atoms with Crippen LogP contribution in [0.1, 0.15) is 11.1 Å². The molecule has 0 saturated heterocycles. The molecule has 6 heteroatoms. The van der Waals surface area contributed by atoms with Crippen molar-refractivity contribution in [2.75, 3.05) is 0 Å². The first-order valence-electron chi connectivity index (χ1n) is 19.1. The average molecular weight is 932 g/mol. The number of aryl methyl sites for hydroxylation is 2. The second-order valence-corrected chi connectivity index (χ2v) is 20.5. The Kier molecular flexibility index (Phi) is 10.4. The molecule has 3 aromatic heterocycles. The zero-order valence-electron chi connectivity index (χ0n) is 32.6. The Morgan fingerprint density at radius 2 is 1.42 bits per heavy atom. The predicted molar refractivity (Wildman–Crippen MR) is 237 cm³/mol. The van der Waals surface area contributed by atoms with Crippen molar-refractivity contribution >= 4 is 57.0 Å². The van der Waals surface area contributed by atoms with Crippen LogP contribution in [-0.4, -0.2) is 22.6 Å². The van der Waals surface area contributed by atoms with Gasteiger partial charge in [0.1, 0.15) is 5.58 Å². The minimum absolute atomic E-state index is 0. The van der Waals surface area contributed by atoms with Gasteiger partial charge in [-0.15, -0.1) is 53.6 Å². The average Bonchev–Trinajstić information content (AvgIpc) is 3.80. The van der Waals surface area contributed by atoms with Crippen LogP contribution in [0.5, 0.6) is 0 Å². The van der Waals surface area contributed by atoms with Gasteiger partial charge in [-0.05, 0) is 47.0 Å². The number of imidazole rings is 1. The van der Waals surface area contributed by atoms with Crippen LogP contribution in [0.25, 0.3) is 83.2 Å². The van der Waals surface area contributed by atoms with Gasteiger partial charge in [-0.1, -0.05) is 146 Å². The summed E-state index contributed by atoms with van der Waals surface area (Å²) in [4.78, 5) is 9.80. The van der Waals surface area contributed by atoms with E-state index in [1.165, 1.54) is 21.7 Å². The van der Waals surface area contributed by atoms with Crippen molar-refractivity contribution in [2.45, 2.75) is 33.5 Å². The largest absolute Gasteiger partial charge is 0.501 e. The molecule has 0 atom stereocenters. The van der Waals surface area contributed by atoms with Crippen molar-refractivity contribution in [3.05, 3.63) is 181 Å². The normalized spacial score (nSPS) is 11.5. The van der Waals surface area contributed by atoms with E-state index in [2.05, 4.69) is 177 Å². The molecule has 0 aliphatic carbocycles. The fourth-order valence-corrected chi connectivity index (χ4v) is 9.48. The third-order valence-corrected chi connectivity index (χ3v) is 12.6. The number of rotatable bonds is 5. The minimum Gasteiger partial charge on any atom is -0.501 e. The van der Waals surface area contributed by atoms with E-state index in [9.17, 15) is 0 Å². The molecule has 10 rings (SSSR count). The number of fused-ring (bicyclic) bond motifs is 5. The molecule has 0 unspecified atom stereocenters. The van der Waals surface area contributed by atoms with Gasteiger partial charge >= 0.3 is 0 Å². The predicted octanol–water partition coefficient (Wildman–Crippen LogP) is 12.9. The van der Waals surface area contributed by atoms with Crippen molar-refractivity contribution < 1.29 is 24.5 Å². The molecule has 10 aromatic rings. The Balaban J connectivity index is 0.000000203. The quantitative estimate of drug-likeness (QED) is 0.128. The SMILES string of the molecule is Cc1c[c-]c(-c2cc(C)c([Si](C)(C)C)cn2)cc1.[Ir].[c-]1ccc2c(oc3ccccc32)c1-c1nc2ccccc2n1-c1c(-c2ccccc2)ccc2ccccc12.